The maximum atomic E-state index is 13.4. The van der Waals surface area contributed by atoms with E-state index in [1.165, 1.54) is 12.1 Å². The van der Waals surface area contributed by atoms with Gasteiger partial charge in [0.25, 0.3) is 5.91 Å². The number of carbonyl (C=O) groups excluding carboxylic acids is 1. The van der Waals surface area contributed by atoms with Crippen molar-refractivity contribution in [1.29, 1.82) is 5.26 Å². The molecule has 0 saturated carbocycles. The Bertz CT molecular complexity index is 686. The minimum absolute atomic E-state index is 0.0538. The van der Waals surface area contributed by atoms with Gasteiger partial charge in [-0.05, 0) is 12.1 Å². The summed E-state index contributed by atoms with van der Waals surface area (Å²) in [5.74, 6) is -0.664. The molecule has 0 fully saturated rings. The van der Waals surface area contributed by atoms with Crippen LogP contribution in [0.15, 0.2) is 18.2 Å². The predicted molar refractivity (Wildman–Crippen MR) is 69.5 cm³/mol. The summed E-state index contributed by atoms with van der Waals surface area (Å²) < 4.78 is 13.4. The lowest BCUT2D eigenvalue weighted by molar-refractivity contribution is 0.101. The third-order valence-electron chi connectivity index (χ3n) is 2.63. The normalized spacial score (nSPS) is 10.3. The highest BCUT2D eigenvalue weighted by molar-refractivity contribution is 6.02. The molecule has 1 amide bonds. The third-order valence-corrected chi connectivity index (χ3v) is 2.63. The van der Waals surface area contributed by atoms with Crippen molar-refractivity contribution >= 4 is 11.6 Å². The molecule has 6 nitrogen and oxygen atoms in total. The number of amides is 1. The number of carbonyl (C=O) groups is 1. The first-order valence-corrected chi connectivity index (χ1v) is 5.95. The molecule has 7 heteroatoms. The third kappa shape index (κ3) is 2.64. The summed E-state index contributed by atoms with van der Waals surface area (Å²) in [5.41, 5.74) is -0.131. The molecule has 1 aromatic heterocycles. The second-order valence-corrected chi connectivity index (χ2v) is 4.43. The van der Waals surface area contributed by atoms with Crippen molar-refractivity contribution in [1.82, 2.24) is 15.2 Å². The number of nitriles is 1. The second kappa shape index (κ2) is 5.48. The van der Waals surface area contributed by atoms with Crippen LogP contribution in [0, 0.1) is 17.1 Å². The highest BCUT2D eigenvalue weighted by atomic mass is 19.1. The van der Waals surface area contributed by atoms with Crippen LogP contribution in [0.4, 0.5) is 10.1 Å². The molecule has 0 bridgehead atoms. The summed E-state index contributed by atoms with van der Waals surface area (Å²) in [4.78, 5) is 16.0. The number of benzene rings is 1. The van der Waals surface area contributed by atoms with Crippen LogP contribution in [-0.2, 0) is 0 Å². The van der Waals surface area contributed by atoms with Crippen molar-refractivity contribution in [3.05, 3.63) is 41.2 Å². The van der Waals surface area contributed by atoms with Gasteiger partial charge < -0.3 is 5.32 Å². The van der Waals surface area contributed by atoms with Gasteiger partial charge in [-0.25, -0.2) is 9.37 Å². The van der Waals surface area contributed by atoms with E-state index in [4.69, 9.17) is 5.26 Å². The molecule has 0 spiro atoms. The molecule has 0 radical (unpaired) electrons. The van der Waals surface area contributed by atoms with Crippen molar-refractivity contribution < 1.29 is 9.18 Å². The molecule has 0 saturated heterocycles. The molecule has 0 aliphatic heterocycles. The number of rotatable bonds is 3. The molecule has 102 valence electrons. The quantitative estimate of drug-likeness (QED) is 0.896. The zero-order valence-electron chi connectivity index (χ0n) is 10.9. The highest BCUT2D eigenvalue weighted by Gasteiger charge is 2.16. The van der Waals surface area contributed by atoms with Gasteiger partial charge in [0.15, 0.2) is 0 Å². The van der Waals surface area contributed by atoms with Crippen LogP contribution in [0.3, 0.4) is 0 Å². The maximum Gasteiger partial charge on any atom is 0.295 e. The second-order valence-electron chi connectivity index (χ2n) is 4.43. The van der Waals surface area contributed by atoms with Crippen molar-refractivity contribution in [3.8, 4) is 6.07 Å². The van der Waals surface area contributed by atoms with Crippen LogP contribution in [0.25, 0.3) is 0 Å². The van der Waals surface area contributed by atoms with Crippen LogP contribution in [-0.4, -0.2) is 21.1 Å². The number of aromatic amines is 1. The van der Waals surface area contributed by atoms with E-state index in [0.717, 1.165) is 6.07 Å². The molecular weight excluding hydrogens is 261 g/mol. The average Bonchev–Trinajstić information content (AvgIpc) is 2.89. The molecule has 0 aliphatic rings. The maximum absolute atomic E-state index is 13.4. The molecular formula is C13H12FN5O. The Morgan fingerprint density at radius 1 is 1.50 bits per heavy atom. The van der Waals surface area contributed by atoms with Gasteiger partial charge in [0.05, 0.1) is 5.69 Å². The molecule has 2 rings (SSSR count). The summed E-state index contributed by atoms with van der Waals surface area (Å²) >= 11 is 0. The van der Waals surface area contributed by atoms with E-state index in [1.54, 1.807) is 6.07 Å². The first-order chi connectivity index (χ1) is 9.52. The predicted octanol–water partition coefficient (Wildman–Crippen LogP) is 2.19. The van der Waals surface area contributed by atoms with E-state index >= 15 is 0 Å². The minimum Gasteiger partial charge on any atom is -0.318 e. The molecule has 0 aliphatic carbocycles. The number of aromatic nitrogens is 3. The minimum atomic E-state index is -0.692. The van der Waals surface area contributed by atoms with Crippen LogP contribution in [0.2, 0.25) is 0 Å². The largest absolute Gasteiger partial charge is 0.318 e. The number of halogens is 1. The first kappa shape index (κ1) is 13.7. The molecule has 0 atom stereocenters. The van der Waals surface area contributed by atoms with Gasteiger partial charge in [-0.2, -0.15) is 5.26 Å². The van der Waals surface area contributed by atoms with E-state index in [0.29, 0.717) is 5.82 Å². The fraction of sp³-hybridized carbons (Fsp3) is 0.231. The fourth-order valence-electron chi connectivity index (χ4n) is 1.55. The Balaban J connectivity index is 2.24. The van der Waals surface area contributed by atoms with E-state index in [1.807, 2.05) is 13.8 Å². The molecule has 2 aromatic rings. The molecule has 1 aromatic carbocycles. The Kier molecular flexibility index (Phi) is 3.75. The Morgan fingerprint density at radius 2 is 2.25 bits per heavy atom. The van der Waals surface area contributed by atoms with E-state index in [9.17, 15) is 9.18 Å². The number of nitrogens with one attached hydrogen (secondary N) is 2. The van der Waals surface area contributed by atoms with Gasteiger partial charge in [0.1, 0.15) is 23.3 Å². The van der Waals surface area contributed by atoms with Gasteiger partial charge >= 0.3 is 0 Å². The molecule has 1 heterocycles. The summed E-state index contributed by atoms with van der Waals surface area (Å²) in [6.07, 6.45) is 0. The van der Waals surface area contributed by atoms with E-state index in [-0.39, 0.29) is 23.0 Å². The van der Waals surface area contributed by atoms with Crippen molar-refractivity contribution in [2.75, 3.05) is 5.32 Å². The topological polar surface area (TPSA) is 94.5 Å². The van der Waals surface area contributed by atoms with Crippen LogP contribution in [0.5, 0.6) is 0 Å². The van der Waals surface area contributed by atoms with Gasteiger partial charge in [0, 0.05) is 5.92 Å². The molecule has 0 unspecified atom stereocenters. The highest BCUT2D eigenvalue weighted by Crippen LogP contribution is 2.18. The zero-order chi connectivity index (χ0) is 14.7. The van der Waals surface area contributed by atoms with Crippen LogP contribution in [0.1, 0.15) is 41.8 Å². The van der Waals surface area contributed by atoms with Gasteiger partial charge in [0.2, 0.25) is 5.82 Å². The van der Waals surface area contributed by atoms with E-state index in [2.05, 4.69) is 20.5 Å². The number of hydrogen-bond acceptors (Lipinski definition) is 4. The summed E-state index contributed by atoms with van der Waals surface area (Å²) in [6.45, 7) is 3.81. The van der Waals surface area contributed by atoms with Crippen molar-refractivity contribution in [2.24, 2.45) is 0 Å². The zero-order valence-corrected chi connectivity index (χ0v) is 10.9. The standard InChI is InChI=1S/C13H12FN5O/c1-7(2)11-17-12(19-18-11)13(20)16-10-5-3-4-9(14)8(10)6-15/h3-5,7H,1-2H3,(H,16,20)(H,17,18,19). The molecule has 20 heavy (non-hydrogen) atoms. The Morgan fingerprint density at radius 3 is 2.85 bits per heavy atom. The van der Waals surface area contributed by atoms with Crippen LogP contribution < -0.4 is 5.32 Å². The molecule has 2 N–H and O–H groups in total. The van der Waals surface area contributed by atoms with Crippen molar-refractivity contribution in [3.63, 3.8) is 0 Å². The summed E-state index contributed by atoms with van der Waals surface area (Å²) in [7, 11) is 0. The van der Waals surface area contributed by atoms with Gasteiger partial charge in [-0.15, -0.1) is 5.10 Å². The lowest BCUT2D eigenvalue weighted by Gasteiger charge is -2.05. The summed E-state index contributed by atoms with van der Waals surface area (Å²) in [6, 6.07) is 5.70. The number of hydrogen-bond donors (Lipinski definition) is 2. The summed E-state index contributed by atoms with van der Waals surface area (Å²) in [5, 5.41) is 17.7. The van der Waals surface area contributed by atoms with Gasteiger partial charge in [-0.1, -0.05) is 19.9 Å². The van der Waals surface area contributed by atoms with E-state index < -0.39 is 11.7 Å². The van der Waals surface area contributed by atoms with Gasteiger partial charge in [-0.3, -0.25) is 9.89 Å². The van der Waals surface area contributed by atoms with Crippen LogP contribution >= 0.6 is 0 Å². The smallest absolute Gasteiger partial charge is 0.295 e. The monoisotopic (exact) mass is 273 g/mol. The average molecular weight is 273 g/mol. The Labute approximate surface area is 114 Å². The number of anilines is 1. The number of H-pyrrole nitrogens is 1. The SMILES string of the molecule is CC(C)c1nc(C(=O)Nc2cccc(F)c2C#N)n[nH]1. The Hall–Kier alpha value is -2.75. The lowest BCUT2D eigenvalue weighted by atomic mass is 10.2. The fourth-order valence-corrected chi connectivity index (χ4v) is 1.55. The van der Waals surface area contributed by atoms with Crippen molar-refractivity contribution in [2.45, 2.75) is 19.8 Å². The number of nitrogens with zero attached hydrogens (tertiary/aromatic N) is 3. The first-order valence-electron chi connectivity index (χ1n) is 5.95. The lowest BCUT2D eigenvalue weighted by Crippen LogP contribution is -2.15.